The maximum atomic E-state index is 5.87. The Morgan fingerprint density at radius 2 is 2.14 bits per heavy atom. The van der Waals surface area contributed by atoms with Crippen LogP contribution in [0, 0.1) is 6.92 Å². The topological polar surface area (TPSA) is 41.8 Å². The van der Waals surface area contributed by atoms with Crippen molar-refractivity contribution < 1.29 is 0 Å². The van der Waals surface area contributed by atoms with Gasteiger partial charge in [0.15, 0.2) is 0 Å². The van der Waals surface area contributed by atoms with Crippen LogP contribution in [0.15, 0.2) is 18.2 Å². The van der Waals surface area contributed by atoms with Crippen molar-refractivity contribution in [2.45, 2.75) is 25.7 Å². The molecule has 2 nitrogen and oxygen atoms in total. The normalized spacial score (nSPS) is 16.4. The van der Waals surface area contributed by atoms with Crippen LogP contribution in [-0.2, 0) is 0 Å². The lowest BCUT2D eigenvalue weighted by molar-refractivity contribution is 1.06. The van der Waals surface area contributed by atoms with Crippen molar-refractivity contribution in [1.29, 1.82) is 0 Å². The van der Waals surface area contributed by atoms with Gasteiger partial charge in [-0.1, -0.05) is 0 Å². The molecule has 3 rings (SSSR count). The Hall–Kier alpha value is -1.44. The van der Waals surface area contributed by atoms with E-state index in [9.17, 15) is 0 Å². The van der Waals surface area contributed by atoms with Gasteiger partial charge in [-0.2, -0.15) is 0 Å². The summed E-state index contributed by atoms with van der Waals surface area (Å²) >= 11 is 0. The minimum Gasteiger partial charge on any atom is -0.398 e. The van der Waals surface area contributed by atoms with Crippen molar-refractivity contribution in [3.05, 3.63) is 29.5 Å². The first-order valence-corrected chi connectivity index (χ1v) is 5.13. The molecule has 72 valence electrons. The van der Waals surface area contributed by atoms with Gasteiger partial charge < -0.3 is 10.7 Å². The van der Waals surface area contributed by atoms with Gasteiger partial charge in [0.2, 0.25) is 0 Å². The van der Waals surface area contributed by atoms with Gasteiger partial charge in [-0.3, -0.25) is 0 Å². The molecule has 3 N–H and O–H groups in total. The molecule has 1 aliphatic rings. The van der Waals surface area contributed by atoms with Gasteiger partial charge in [0.1, 0.15) is 0 Å². The molecule has 0 unspecified atom stereocenters. The van der Waals surface area contributed by atoms with E-state index < -0.39 is 0 Å². The standard InChI is InChI=1S/C12H14N2/c1-7-9-6-12(8-2-3-8)14-11(9)5-4-10(7)13/h4-6,8,14H,2-3,13H2,1H3. The highest BCUT2D eigenvalue weighted by Gasteiger charge is 2.25. The second-order valence-corrected chi connectivity index (χ2v) is 4.24. The molecule has 1 aliphatic carbocycles. The van der Waals surface area contributed by atoms with Gasteiger partial charge in [0.05, 0.1) is 0 Å². The number of rotatable bonds is 1. The summed E-state index contributed by atoms with van der Waals surface area (Å²) in [6, 6.07) is 6.31. The maximum absolute atomic E-state index is 5.87. The average Bonchev–Trinajstić information content (AvgIpc) is 2.93. The first-order valence-electron chi connectivity index (χ1n) is 5.13. The fourth-order valence-corrected chi connectivity index (χ4v) is 2.00. The van der Waals surface area contributed by atoms with Gasteiger partial charge in [-0.05, 0) is 49.4 Å². The van der Waals surface area contributed by atoms with E-state index in [4.69, 9.17) is 5.73 Å². The summed E-state index contributed by atoms with van der Waals surface area (Å²) in [7, 11) is 0. The number of nitrogens with two attached hydrogens (primary N) is 1. The van der Waals surface area contributed by atoms with E-state index in [1.54, 1.807) is 0 Å². The molecule has 1 saturated carbocycles. The fourth-order valence-electron chi connectivity index (χ4n) is 2.00. The minimum atomic E-state index is 0.781. The lowest BCUT2D eigenvalue weighted by Crippen LogP contribution is -1.88. The Balaban J connectivity index is 2.26. The molecule has 1 aromatic heterocycles. The van der Waals surface area contributed by atoms with Crippen molar-refractivity contribution in [1.82, 2.24) is 4.98 Å². The van der Waals surface area contributed by atoms with Crippen LogP contribution >= 0.6 is 0 Å². The predicted molar refractivity (Wildman–Crippen MR) is 59.4 cm³/mol. The van der Waals surface area contributed by atoms with Crippen LogP contribution < -0.4 is 5.73 Å². The highest BCUT2D eigenvalue weighted by molar-refractivity contribution is 5.88. The van der Waals surface area contributed by atoms with Crippen LogP contribution in [-0.4, -0.2) is 4.98 Å². The van der Waals surface area contributed by atoms with Crippen molar-refractivity contribution in [2.75, 3.05) is 5.73 Å². The molecule has 1 aromatic carbocycles. The van der Waals surface area contributed by atoms with Gasteiger partial charge in [0.25, 0.3) is 0 Å². The monoisotopic (exact) mass is 186 g/mol. The lowest BCUT2D eigenvalue weighted by Gasteiger charge is -1.99. The molecule has 0 bridgehead atoms. The Kier molecular flexibility index (Phi) is 1.43. The number of hydrogen-bond acceptors (Lipinski definition) is 1. The third-order valence-electron chi connectivity index (χ3n) is 3.15. The first-order chi connectivity index (χ1) is 6.75. The minimum absolute atomic E-state index is 0.781. The lowest BCUT2D eigenvalue weighted by atomic mass is 10.1. The van der Waals surface area contributed by atoms with Crippen molar-refractivity contribution in [2.24, 2.45) is 0 Å². The molecule has 0 spiro atoms. The predicted octanol–water partition coefficient (Wildman–Crippen LogP) is 2.94. The Morgan fingerprint density at radius 3 is 2.86 bits per heavy atom. The third-order valence-corrected chi connectivity index (χ3v) is 3.15. The van der Waals surface area contributed by atoms with Crippen LogP contribution in [0.5, 0.6) is 0 Å². The molecular formula is C12H14N2. The van der Waals surface area contributed by atoms with E-state index >= 15 is 0 Å². The zero-order chi connectivity index (χ0) is 9.71. The Bertz CT molecular complexity index is 492. The van der Waals surface area contributed by atoms with E-state index in [1.165, 1.54) is 35.0 Å². The largest absolute Gasteiger partial charge is 0.398 e. The van der Waals surface area contributed by atoms with Crippen molar-refractivity contribution in [3.8, 4) is 0 Å². The van der Waals surface area contributed by atoms with E-state index in [0.29, 0.717) is 0 Å². The van der Waals surface area contributed by atoms with Crippen molar-refractivity contribution in [3.63, 3.8) is 0 Å². The number of aryl methyl sites for hydroxylation is 1. The molecule has 0 aliphatic heterocycles. The number of aromatic amines is 1. The SMILES string of the molecule is Cc1c(N)ccc2[nH]c(C3CC3)cc12. The van der Waals surface area contributed by atoms with Gasteiger partial charge in [-0.25, -0.2) is 0 Å². The molecule has 0 atom stereocenters. The average molecular weight is 186 g/mol. The van der Waals surface area contributed by atoms with E-state index in [-0.39, 0.29) is 0 Å². The summed E-state index contributed by atoms with van der Waals surface area (Å²) in [5.74, 6) is 0.781. The molecule has 1 heterocycles. The highest BCUT2D eigenvalue weighted by Crippen LogP contribution is 2.41. The quantitative estimate of drug-likeness (QED) is 0.660. The van der Waals surface area contributed by atoms with Gasteiger partial charge in [-0.15, -0.1) is 0 Å². The molecule has 0 saturated heterocycles. The first kappa shape index (κ1) is 7.92. The zero-order valence-electron chi connectivity index (χ0n) is 8.30. The van der Waals surface area contributed by atoms with Crippen LogP contribution in [0.4, 0.5) is 5.69 Å². The van der Waals surface area contributed by atoms with Crippen LogP contribution in [0.1, 0.15) is 30.0 Å². The molecule has 2 heteroatoms. The molecule has 0 amide bonds. The molecule has 1 fully saturated rings. The molecule has 14 heavy (non-hydrogen) atoms. The molecule has 0 radical (unpaired) electrons. The van der Waals surface area contributed by atoms with E-state index in [1.807, 2.05) is 6.07 Å². The van der Waals surface area contributed by atoms with Crippen LogP contribution in [0.25, 0.3) is 10.9 Å². The van der Waals surface area contributed by atoms with Crippen LogP contribution in [0.3, 0.4) is 0 Å². The van der Waals surface area contributed by atoms with E-state index in [0.717, 1.165) is 11.6 Å². The smallest absolute Gasteiger partial charge is 0.0460 e. The van der Waals surface area contributed by atoms with Crippen LogP contribution in [0.2, 0.25) is 0 Å². The number of fused-ring (bicyclic) bond motifs is 1. The maximum Gasteiger partial charge on any atom is 0.0460 e. The summed E-state index contributed by atoms with van der Waals surface area (Å²) in [6.07, 6.45) is 2.67. The van der Waals surface area contributed by atoms with Gasteiger partial charge >= 0.3 is 0 Å². The third kappa shape index (κ3) is 1.03. The summed E-state index contributed by atoms with van der Waals surface area (Å²) in [5, 5.41) is 1.28. The summed E-state index contributed by atoms with van der Waals surface area (Å²) < 4.78 is 0. The number of nitrogen functional groups attached to an aromatic ring is 1. The highest BCUT2D eigenvalue weighted by atomic mass is 14.7. The number of nitrogens with one attached hydrogen (secondary N) is 1. The number of hydrogen-bond donors (Lipinski definition) is 2. The molecule has 2 aromatic rings. The second-order valence-electron chi connectivity index (χ2n) is 4.24. The number of aromatic nitrogens is 1. The van der Waals surface area contributed by atoms with Gasteiger partial charge in [0, 0.05) is 22.3 Å². The number of benzene rings is 1. The number of anilines is 1. The van der Waals surface area contributed by atoms with Crippen molar-refractivity contribution >= 4 is 16.6 Å². The zero-order valence-corrected chi connectivity index (χ0v) is 8.30. The summed E-state index contributed by atoms with van der Waals surface area (Å²) in [4.78, 5) is 3.47. The Labute approximate surface area is 83.1 Å². The fraction of sp³-hybridized carbons (Fsp3) is 0.333. The Morgan fingerprint density at radius 1 is 1.36 bits per heavy atom. The second kappa shape index (κ2) is 2.53. The molecular weight excluding hydrogens is 172 g/mol. The number of H-pyrrole nitrogens is 1. The van der Waals surface area contributed by atoms with E-state index in [2.05, 4.69) is 24.0 Å². The summed E-state index contributed by atoms with van der Waals surface area (Å²) in [6.45, 7) is 2.09. The summed E-state index contributed by atoms with van der Waals surface area (Å²) in [5.41, 5.74) is 10.6.